The molecule has 25 heavy (non-hydrogen) atoms. The number of carbonyl (C=O) groups excluding carboxylic acids is 4. The summed E-state index contributed by atoms with van der Waals surface area (Å²) in [6.45, 7) is 7.07. The molecule has 7 nitrogen and oxygen atoms in total. The average Bonchev–Trinajstić information content (AvgIpc) is 2.54. The first-order chi connectivity index (χ1) is 11.4. The molecule has 0 aromatic carbocycles. The largest absolute Gasteiger partial charge is 1.00 e. The van der Waals surface area contributed by atoms with E-state index >= 15 is 0 Å². The van der Waals surface area contributed by atoms with Crippen LogP contribution in [-0.4, -0.2) is 41.8 Å². The zero-order valence-corrected chi connectivity index (χ0v) is 17.0. The van der Waals surface area contributed by atoms with Crippen molar-refractivity contribution in [2.24, 2.45) is 0 Å². The van der Waals surface area contributed by atoms with Crippen LogP contribution in [0.15, 0.2) is 25.3 Å². The number of hydrogen-bond donors (Lipinski definition) is 0. The maximum Gasteiger partial charge on any atom is 1.00 e. The number of aliphatic carboxylic acids is 1. The van der Waals surface area contributed by atoms with Crippen LogP contribution in [0.5, 0.6) is 0 Å². The first kappa shape index (κ1) is 25.8. The van der Waals surface area contributed by atoms with Gasteiger partial charge in [0.2, 0.25) is 11.8 Å². The minimum Gasteiger partial charge on any atom is -0.548 e. The number of imide groups is 1. The van der Waals surface area contributed by atoms with Gasteiger partial charge in [0.05, 0.1) is 25.5 Å². The monoisotopic (exact) mass is 361 g/mol. The molecule has 0 saturated heterocycles. The van der Waals surface area contributed by atoms with E-state index in [4.69, 9.17) is 0 Å². The Labute approximate surface area is 170 Å². The Morgan fingerprint density at radius 2 is 1.48 bits per heavy atom. The van der Waals surface area contributed by atoms with E-state index in [-0.39, 0.29) is 42.4 Å². The van der Waals surface area contributed by atoms with Crippen LogP contribution in [0.4, 0.5) is 0 Å². The van der Waals surface area contributed by atoms with Gasteiger partial charge in [-0.1, -0.05) is 12.2 Å². The van der Waals surface area contributed by atoms with Crippen molar-refractivity contribution in [3.63, 3.8) is 0 Å². The molecule has 0 radical (unpaired) electrons. The van der Waals surface area contributed by atoms with E-state index in [0.717, 1.165) is 7.11 Å². The van der Waals surface area contributed by atoms with Gasteiger partial charge in [0.25, 0.3) is 0 Å². The maximum absolute atomic E-state index is 12.3. The van der Waals surface area contributed by atoms with E-state index in [1.54, 1.807) is 12.2 Å². The molecule has 0 aromatic heterocycles. The van der Waals surface area contributed by atoms with Crippen molar-refractivity contribution in [1.29, 1.82) is 0 Å². The third-order valence-corrected chi connectivity index (χ3v) is 3.31. The maximum atomic E-state index is 12.3. The van der Waals surface area contributed by atoms with Gasteiger partial charge in [0, 0.05) is 12.8 Å². The number of esters is 1. The molecule has 0 aliphatic heterocycles. The van der Waals surface area contributed by atoms with Crippen LogP contribution in [0.2, 0.25) is 0 Å². The van der Waals surface area contributed by atoms with Crippen molar-refractivity contribution < 1.29 is 58.6 Å². The Balaban J connectivity index is 0. The van der Waals surface area contributed by atoms with Crippen molar-refractivity contribution in [1.82, 2.24) is 4.90 Å². The fourth-order valence-electron chi connectivity index (χ4n) is 2.04. The standard InChI is InChI=1S/C17H25NO6.Na/c1-4-6-8-10-14(19)18(15(20)11-9-7-5-2)13(17(22)23)12-16(21)24-3;/h4-5,13H,1-2,6-12H2,3H3,(H,22,23);/q;+1/p-1. The molecule has 0 N–H and O–H groups in total. The number of carboxylic acids is 1. The third-order valence-electron chi connectivity index (χ3n) is 3.31. The minimum atomic E-state index is -1.68. The van der Waals surface area contributed by atoms with Crippen molar-refractivity contribution in [2.75, 3.05) is 7.11 Å². The topological polar surface area (TPSA) is 104 Å². The summed E-state index contributed by atoms with van der Waals surface area (Å²) in [5, 5.41) is 11.4. The van der Waals surface area contributed by atoms with Crippen molar-refractivity contribution >= 4 is 23.8 Å². The summed E-state index contributed by atoms with van der Waals surface area (Å²) in [6.07, 6.45) is 4.51. The quantitative estimate of drug-likeness (QED) is 0.168. The molecule has 1 atom stereocenters. The molecule has 0 bridgehead atoms. The molecule has 0 aromatic rings. The fraction of sp³-hybridized carbons (Fsp3) is 0.529. The van der Waals surface area contributed by atoms with E-state index in [1.165, 1.54) is 0 Å². The van der Waals surface area contributed by atoms with Crippen LogP contribution in [0.1, 0.15) is 44.9 Å². The predicted octanol–water partition coefficient (Wildman–Crippen LogP) is -2.26. The normalized spacial score (nSPS) is 10.8. The second-order valence-corrected chi connectivity index (χ2v) is 5.13. The van der Waals surface area contributed by atoms with Crippen LogP contribution in [0.25, 0.3) is 0 Å². The number of ether oxygens (including phenoxy) is 1. The summed E-state index contributed by atoms with van der Waals surface area (Å²) in [7, 11) is 1.09. The van der Waals surface area contributed by atoms with Gasteiger partial charge >= 0.3 is 35.5 Å². The Morgan fingerprint density at radius 3 is 1.80 bits per heavy atom. The molecule has 0 aliphatic carbocycles. The number of hydrogen-bond acceptors (Lipinski definition) is 6. The second kappa shape index (κ2) is 14.9. The second-order valence-electron chi connectivity index (χ2n) is 5.13. The van der Waals surface area contributed by atoms with E-state index in [9.17, 15) is 24.3 Å². The zero-order chi connectivity index (χ0) is 18.5. The van der Waals surface area contributed by atoms with Gasteiger partial charge in [0.1, 0.15) is 0 Å². The van der Waals surface area contributed by atoms with Crippen molar-refractivity contribution in [3.05, 3.63) is 25.3 Å². The van der Waals surface area contributed by atoms with Gasteiger partial charge in [-0.2, -0.15) is 0 Å². The smallest absolute Gasteiger partial charge is 0.548 e. The SMILES string of the molecule is C=CCCCC(=O)N(C(=O)CCCC=C)C(CC(=O)OC)C(=O)[O-].[Na+]. The number of carbonyl (C=O) groups is 4. The van der Waals surface area contributed by atoms with Crippen molar-refractivity contribution in [2.45, 2.75) is 51.0 Å². The molecule has 2 amide bonds. The molecule has 0 saturated carbocycles. The van der Waals surface area contributed by atoms with Gasteiger partial charge in [0.15, 0.2) is 0 Å². The predicted molar refractivity (Wildman–Crippen MR) is 85.4 cm³/mol. The molecule has 0 aliphatic rings. The van der Waals surface area contributed by atoms with Crippen molar-refractivity contribution in [3.8, 4) is 0 Å². The molecular formula is C17H24NNaO6. The Morgan fingerprint density at radius 1 is 1.04 bits per heavy atom. The zero-order valence-electron chi connectivity index (χ0n) is 15.0. The van der Waals surface area contributed by atoms with E-state index < -0.39 is 36.2 Å². The number of carboxylic acid groups (broad SMARTS) is 1. The molecule has 0 spiro atoms. The number of nitrogens with zero attached hydrogens (tertiary/aromatic N) is 1. The first-order valence-electron chi connectivity index (χ1n) is 7.73. The van der Waals surface area contributed by atoms with E-state index in [0.29, 0.717) is 30.6 Å². The van der Waals surface area contributed by atoms with Crippen LogP contribution in [0, 0.1) is 0 Å². The van der Waals surface area contributed by atoms with Crippen LogP contribution in [-0.2, 0) is 23.9 Å². The molecule has 0 heterocycles. The van der Waals surface area contributed by atoms with Crippen LogP contribution >= 0.6 is 0 Å². The van der Waals surface area contributed by atoms with Crippen LogP contribution in [0.3, 0.4) is 0 Å². The van der Waals surface area contributed by atoms with Gasteiger partial charge in [-0.3, -0.25) is 19.3 Å². The van der Waals surface area contributed by atoms with E-state index in [1.807, 2.05) is 0 Å². The number of allylic oxidation sites excluding steroid dienone is 2. The number of rotatable bonds is 12. The third kappa shape index (κ3) is 10.2. The summed E-state index contributed by atoms with van der Waals surface area (Å²) in [6, 6.07) is -1.68. The summed E-state index contributed by atoms with van der Waals surface area (Å²) in [5.41, 5.74) is 0. The summed E-state index contributed by atoms with van der Waals surface area (Å²) in [5.74, 6) is -3.82. The summed E-state index contributed by atoms with van der Waals surface area (Å²) < 4.78 is 4.43. The minimum absolute atomic E-state index is 0. The molecular weight excluding hydrogens is 337 g/mol. The molecule has 8 heteroatoms. The molecule has 1 unspecified atom stereocenters. The molecule has 134 valence electrons. The molecule has 0 fully saturated rings. The van der Waals surface area contributed by atoms with Gasteiger partial charge in [-0.25, -0.2) is 0 Å². The van der Waals surface area contributed by atoms with E-state index in [2.05, 4.69) is 17.9 Å². The van der Waals surface area contributed by atoms with Crippen LogP contribution < -0.4 is 34.7 Å². The van der Waals surface area contributed by atoms with Gasteiger partial charge in [-0.15, -0.1) is 13.2 Å². The van der Waals surface area contributed by atoms with Gasteiger partial charge < -0.3 is 14.6 Å². The Kier molecular flexibility index (Phi) is 15.3. The summed E-state index contributed by atoms with van der Waals surface area (Å²) in [4.78, 5) is 48.0. The molecule has 0 rings (SSSR count). The fourth-order valence-corrected chi connectivity index (χ4v) is 2.04. The number of unbranched alkanes of at least 4 members (excludes halogenated alkanes) is 2. The average molecular weight is 361 g/mol. The Bertz CT molecular complexity index is 466. The Hall–Kier alpha value is -1.44. The number of methoxy groups -OCH3 is 1. The first-order valence-corrected chi connectivity index (χ1v) is 7.73. The number of amides is 2. The van der Waals surface area contributed by atoms with Gasteiger partial charge in [-0.05, 0) is 25.7 Å². The summed E-state index contributed by atoms with van der Waals surface area (Å²) >= 11 is 0.